The SMILES string of the molecule is COc1ccccc1CN1[C@@H]2CC[C@H]1c1cnc(C)nc1C2. The molecule has 2 aromatic rings. The van der Waals surface area contributed by atoms with E-state index >= 15 is 0 Å². The van der Waals surface area contributed by atoms with Crippen LogP contribution in [0.15, 0.2) is 30.5 Å². The van der Waals surface area contributed by atoms with Gasteiger partial charge in [0.25, 0.3) is 0 Å². The van der Waals surface area contributed by atoms with Gasteiger partial charge >= 0.3 is 0 Å². The second-order valence-corrected chi connectivity index (χ2v) is 6.25. The van der Waals surface area contributed by atoms with Gasteiger partial charge in [-0.15, -0.1) is 0 Å². The van der Waals surface area contributed by atoms with Crippen molar-refractivity contribution >= 4 is 0 Å². The molecule has 0 radical (unpaired) electrons. The van der Waals surface area contributed by atoms with E-state index in [-0.39, 0.29) is 0 Å². The van der Waals surface area contributed by atoms with E-state index in [1.165, 1.54) is 29.7 Å². The Morgan fingerprint density at radius 1 is 1.27 bits per heavy atom. The third-order valence-corrected chi connectivity index (χ3v) is 5.00. The highest BCUT2D eigenvalue weighted by Crippen LogP contribution is 2.44. The molecule has 1 saturated heterocycles. The molecule has 2 aliphatic rings. The minimum Gasteiger partial charge on any atom is -0.496 e. The normalized spacial score (nSPS) is 23.4. The molecule has 2 aliphatic heterocycles. The number of para-hydroxylation sites is 1. The fraction of sp³-hybridized carbons (Fsp3) is 0.444. The van der Waals surface area contributed by atoms with Crippen molar-refractivity contribution in [3.05, 3.63) is 53.1 Å². The van der Waals surface area contributed by atoms with Crippen LogP contribution in [0.1, 0.15) is 41.5 Å². The lowest BCUT2D eigenvalue weighted by Crippen LogP contribution is -2.37. The van der Waals surface area contributed by atoms with Gasteiger partial charge in [0.2, 0.25) is 0 Å². The number of methoxy groups -OCH3 is 1. The van der Waals surface area contributed by atoms with Gasteiger partial charge in [-0.1, -0.05) is 18.2 Å². The van der Waals surface area contributed by atoms with E-state index < -0.39 is 0 Å². The number of ether oxygens (including phenoxy) is 1. The van der Waals surface area contributed by atoms with Crippen molar-refractivity contribution in [1.29, 1.82) is 0 Å². The van der Waals surface area contributed by atoms with Gasteiger partial charge in [0, 0.05) is 42.4 Å². The lowest BCUT2D eigenvalue weighted by molar-refractivity contribution is 0.164. The third-order valence-electron chi connectivity index (χ3n) is 5.00. The predicted molar refractivity (Wildman–Crippen MR) is 84.8 cm³/mol. The van der Waals surface area contributed by atoms with E-state index in [0.717, 1.165) is 24.5 Å². The molecule has 0 N–H and O–H groups in total. The average molecular weight is 295 g/mol. The zero-order valence-corrected chi connectivity index (χ0v) is 13.1. The Labute approximate surface area is 131 Å². The first-order valence-corrected chi connectivity index (χ1v) is 7.96. The number of nitrogens with zero attached hydrogens (tertiary/aromatic N) is 3. The van der Waals surface area contributed by atoms with Gasteiger partial charge in [-0.2, -0.15) is 0 Å². The van der Waals surface area contributed by atoms with Crippen LogP contribution >= 0.6 is 0 Å². The van der Waals surface area contributed by atoms with Crippen molar-refractivity contribution < 1.29 is 4.74 Å². The van der Waals surface area contributed by atoms with Crippen molar-refractivity contribution in [3.63, 3.8) is 0 Å². The van der Waals surface area contributed by atoms with E-state index in [0.29, 0.717) is 12.1 Å². The van der Waals surface area contributed by atoms with Gasteiger partial charge in [0.05, 0.1) is 12.8 Å². The third kappa shape index (κ3) is 2.18. The first kappa shape index (κ1) is 13.7. The molecule has 4 heteroatoms. The maximum Gasteiger partial charge on any atom is 0.125 e. The van der Waals surface area contributed by atoms with Crippen LogP contribution in [0.2, 0.25) is 0 Å². The molecule has 2 atom stereocenters. The molecular formula is C18H21N3O. The molecule has 114 valence electrons. The summed E-state index contributed by atoms with van der Waals surface area (Å²) in [5.41, 5.74) is 3.85. The van der Waals surface area contributed by atoms with Crippen LogP contribution in [0.25, 0.3) is 0 Å². The Bertz CT molecular complexity index is 700. The molecule has 0 aliphatic carbocycles. The van der Waals surface area contributed by atoms with Crippen molar-refractivity contribution in [3.8, 4) is 5.75 Å². The molecule has 1 aromatic carbocycles. The maximum absolute atomic E-state index is 5.51. The molecule has 3 heterocycles. The Kier molecular flexibility index (Phi) is 3.34. The minimum atomic E-state index is 0.458. The van der Waals surface area contributed by atoms with Crippen molar-refractivity contribution in [1.82, 2.24) is 14.9 Å². The molecule has 0 saturated carbocycles. The molecule has 0 amide bonds. The second-order valence-electron chi connectivity index (χ2n) is 6.25. The van der Waals surface area contributed by atoms with E-state index in [2.05, 4.69) is 27.0 Å². The fourth-order valence-corrected chi connectivity index (χ4v) is 3.95. The van der Waals surface area contributed by atoms with Gasteiger partial charge < -0.3 is 4.74 Å². The van der Waals surface area contributed by atoms with Crippen LogP contribution in [-0.4, -0.2) is 28.0 Å². The molecular weight excluding hydrogens is 274 g/mol. The van der Waals surface area contributed by atoms with E-state index in [4.69, 9.17) is 4.74 Å². The molecule has 22 heavy (non-hydrogen) atoms. The Balaban J connectivity index is 1.66. The van der Waals surface area contributed by atoms with Gasteiger partial charge in [0.1, 0.15) is 11.6 Å². The molecule has 1 fully saturated rings. The van der Waals surface area contributed by atoms with Crippen LogP contribution in [0.5, 0.6) is 5.75 Å². The summed E-state index contributed by atoms with van der Waals surface area (Å²) >= 11 is 0. The second kappa shape index (κ2) is 5.36. The molecule has 0 unspecified atom stereocenters. The summed E-state index contributed by atoms with van der Waals surface area (Å²) in [6.45, 7) is 2.91. The number of aromatic nitrogens is 2. The number of aryl methyl sites for hydroxylation is 1. The highest BCUT2D eigenvalue weighted by molar-refractivity contribution is 5.35. The number of rotatable bonds is 3. The first-order valence-electron chi connectivity index (χ1n) is 7.96. The summed E-state index contributed by atoms with van der Waals surface area (Å²) in [4.78, 5) is 11.7. The lowest BCUT2D eigenvalue weighted by Gasteiger charge is -2.35. The van der Waals surface area contributed by atoms with Crippen LogP contribution in [0.4, 0.5) is 0 Å². The summed E-state index contributed by atoms with van der Waals surface area (Å²) in [6.07, 6.45) is 5.54. The number of benzene rings is 1. The summed E-state index contributed by atoms with van der Waals surface area (Å²) in [6, 6.07) is 9.38. The topological polar surface area (TPSA) is 38.2 Å². The number of hydrogen-bond acceptors (Lipinski definition) is 4. The maximum atomic E-state index is 5.51. The van der Waals surface area contributed by atoms with E-state index in [1.807, 2.05) is 25.3 Å². The number of hydrogen-bond donors (Lipinski definition) is 0. The molecule has 4 nitrogen and oxygen atoms in total. The molecule has 1 aromatic heterocycles. The summed E-state index contributed by atoms with van der Waals surface area (Å²) < 4.78 is 5.51. The minimum absolute atomic E-state index is 0.458. The standard InChI is InChI=1S/C18H21N3O/c1-12-19-10-15-16(20-12)9-14-7-8-17(15)21(14)11-13-5-3-4-6-18(13)22-2/h3-6,10,14,17H,7-9,11H2,1-2H3/t14-,17+/m1/s1. The van der Waals surface area contributed by atoms with Gasteiger partial charge in [-0.3, -0.25) is 4.90 Å². The quantitative estimate of drug-likeness (QED) is 0.872. The summed E-state index contributed by atoms with van der Waals surface area (Å²) in [7, 11) is 1.75. The van der Waals surface area contributed by atoms with Crippen LogP contribution in [0.3, 0.4) is 0 Å². The summed E-state index contributed by atoms with van der Waals surface area (Å²) in [5.74, 6) is 1.86. The van der Waals surface area contributed by atoms with E-state index in [1.54, 1.807) is 7.11 Å². The van der Waals surface area contributed by atoms with Crippen molar-refractivity contribution in [2.75, 3.05) is 7.11 Å². The average Bonchev–Trinajstić information content (AvgIpc) is 2.81. The monoisotopic (exact) mass is 295 g/mol. The van der Waals surface area contributed by atoms with Crippen molar-refractivity contribution in [2.24, 2.45) is 0 Å². The number of fused-ring (bicyclic) bond motifs is 4. The highest BCUT2D eigenvalue weighted by atomic mass is 16.5. The van der Waals surface area contributed by atoms with E-state index in [9.17, 15) is 0 Å². The van der Waals surface area contributed by atoms with Crippen LogP contribution in [-0.2, 0) is 13.0 Å². The van der Waals surface area contributed by atoms with Gasteiger partial charge in [0.15, 0.2) is 0 Å². The fourth-order valence-electron chi connectivity index (χ4n) is 3.95. The molecule has 4 rings (SSSR count). The van der Waals surface area contributed by atoms with Crippen LogP contribution in [0, 0.1) is 6.92 Å². The Morgan fingerprint density at radius 3 is 3.00 bits per heavy atom. The van der Waals surface area contributed by atoms with Crippen molar-refractivity contribution in [2.45, 2.75) is 44.8 Å². The molecule has 0 spiro atoms. The smallest absolute Gasteiger partial charge is 0.125 e. The Hall–Kier alpha value is -1.94. The first-order chi connectivity index (χ1) is 10.8. The predicted octanol–water partition coefficient (Wildman–Crippen LogP) is 3.06. The van der Waals surface area contributed by atoms with Gasteiger partial charge in [-0.25, -0.2) is 9.97 Å². The highest BCUT2D eigenvalue weighted by Gasteiger charge is 2.40. The molecule has 2 bridgehead atoms. The van der Waals surface area contributed by atoms with Crippen LogP contribution < -0.4 is 4.74 Å². The Morgan fingerprint density at radius 2 is 2.14 bits per heavy atom. The zero-order valence-electron chi connectivity index (χ0n) is 13.1. The lowest BCUT2D eigenvalue weighted by atomic mass is 9.98. The zero-order chi connectivity index (χ0) is 15.1. The van der Waals surface area contributed by atoms with Gasteiger partial charge in [-0.05, 0) is 25.8 Å². The largest absolute Gasteiger partial charge is 0.496 e. The summed E-state index contributed by atoms with van der Waals surface area (Å²) in [5, 5.41) is 0.